The van der Waals surface area contributed by atoms with Gasteiger partial charge in [-0.15, -0.1) is 0 Å². The van der Waals surface area contributed by atoms with E-state index >= 15 is 0 Å². The number of hydrogen-bond donors (Lipinski definition) is 2. The fourth-order valence-corrected chi connectivity index (χ4v) is 2.12. The molecule has 2 aromatic rings. The quantitative estimate of drug-likeness (QED) is 0.669. The second-order valence-corrected chi connectivity index (χ2v) is 6.13. The number of methoxy groups -OCH3 is 1. The lowest BCUT2D eigenvalue weighted by Gasteiger charge is -2.15. The molecule has 0 aliphatic heterocycles. The van der Waals surface area contributed by atoms with Gasteiger partial charge in [-0.05, 0) is 55.5 Å². The highest BCUT2D eigenvalue weighted by atomic mass is 79.9. The Morgan fingerprint density at radius 2 is 1.54 bits per heavy atom. The van der Waals surface area contributed by atoms with E-state index in [0.717, 1.165) is 4.47 Å². The van der Waals surface area contributed by atoms with Crippen molar-refractivity contribution in [3.05, 3.63) is 53.0 Å². The summed E-state index contributed by atoms with van der Waals surface area (Å²) in [5.41, 5.74) is 4.57. The number of benzene rings is 2. The summed E-state index contributed by atoms with van der Waals surface area (Å²) in [6, 6.07) is 13.9. The van der Waals surface area contributed by atoms with E-state index in [1.165, 1.54) is 0 Å². The van der Waals surface area contributed by atoms with Crippen LogP contribution in [0.15, 0.2) is 53.0 Å². The molecule has 2 amide bonds. The number of carbonyl (C=O) groups excluding carboxylic acids is 2. The number of nitrogens with one attached hydrogen (secondary N) is 2. The minimum Gasteiger partial charge on any atom is -0.497 e. The van der Waals surface area contributed by atoms with Crippen molar-refractivity contribution in [2.24, 2.45) is 0 Å². The van der Waals surface area contributed by atoms with Gasteiger partial charge in [-0.3, -0.25) is 20.4 Å². The summed E-state index contributed by atoms with van der Waals surface area (Å²) >= 11 is 3.31. The monoisotopic (exact) mass is 422 g/mol. The lowest BCUT2D eigenvalue weighted by atomic mass is 10.3. The molecule has 8 heteroatoms. The van der Waals surface area contributed by atoms with Crippen molar-refractivity contribution in [3.63, 3.8) is 0 Å². The zero-order valence-corrected chi connectivity index (χ0v) is 15.9. The molecule has 0 aliphatic rings. The molecule has 0 bridgehead atoms. The van der Waals surface area contributed by atoms with Crippen LogP contribution in [0.25, 0.3) is 0 Å². The van der Waals surface area contributed by atoms with E-state index in [9.17, 15) is 9.59 Å². The maximum absolute atomic E-state index is 12.0. The van der Waals surface area contributed by atoms with Crippen molar-refractivity contribution in [2.75, 3.05) is 13.7 Å². The standard InChI is InChI=1S/C18H19BrN2O5/c1-12(26-16-9-7-14(24-2)8-10-16)18(23)21-20-17(22)11-25-15-5-3-13(19)4-6-15/h3-10,12H,11H2,1-2H3,(H,20,22)(H,21,23). The van der Waals surface area contributed by atoms with Gasteiger partial charge in [0.2, 0.25) is 0 Å². The van der Waals surface area contributed by atoms with E-state index in [2.05, 4.69) is 26.8 Å². The highest BCUT2D eigenvalue weighted by Gasteiger charge is 2.15. The van der Waals surface area contributed by atoms with Gasteiger partial charge in [-0.25, -0.2) is 0 Å². The molecule has 0 radical (unpaired) electrons. The fourth-order valence-electron chi connectivity index (χ4n) is 1.86. The van der Waals surface area contributed by atoms with Crippen LogP contribution in [0.5, 0.6) is 17.2 Å². The van der Waals surface area contributed by atoms with Gasteiger partial charge >= 0.3 is 0 Å². The van der Waals surface area contributed by atoms with Crippen molar-refractivity contribution < 1.29 is 23.8 Å². The number of carbonyl (C=O) groups is 2. The van der Waals surface area contributed by atoms with Gasteiger partial charge in [0.25, 0.3) is 11.8 Å². The van der Waals surface area contributed by atoms with E-state index in [0.29, 0.717) is 17.2 Å². The molecular weight excluding hydrogens is 404 g/mol. The average molecular weight is 423 g/mol. The van der Waals surface area contributed by atoms with Gasteiger partial charge in [0, 0.05) is 4.47 Å². The first-order valence-electron chi connectivity index (χ1n) is 7.75. The van der Waals surface area contributed by atoms with Gasteiger partial charge in [-0.2, -0.15) is 0 Å². The molecule has 0 aromatic heterocycles. The van der Waals surface area contributed by atoms with Crippen LogP contribution in [0.4, 0.5) is 0 Å². The maximum Gasteiger partial charge on any atom is 0.279 e. The third-order valence-electron chi connectivity index (χ3n) is 3.25. The number of rotatable bonds is 7. The zero-order chi connectivity index (χ0) is 18.9. The van der Waals surface area contributed by atoms with E-state index in [1.54, 1.807) is 62.6 Å². The smallest absolute Gasteiger partial charge is 0.279 e. The molecule has 0 saturated heterocycles. The normalized spacial score (nSPS) is 11.2. The molecule has 2 rings (SSSR count). The minimum absolute atomic E-state index is 0.227. The predicted molar refractivity (Wildman–Crippen MR) is 99.0 cm³/mol. The van der Waals surface area contributed by atoms with Crippen molar-refractivity contribution in [3.8, 4) is 17.2 Å². The first-order chi connectivity index (χ1) is 12.5. The predicted octanol–water partition coefficient (Wildman–Crippen LogP) is 2.45. The molecule has 0 aliphatic carbocycles. The second kappa shape index (κ2) is 9.67. The third-order valence-corrected chi connectivity index (χ3v) is 3.78. The summed E-state index contributed by atoms with van der Waals surface area (Å²) in [5, 5.41) is 0. The highest BCUT2D eigenvalue weighted by molar-refractivity contribution is 9.10. The summed E-state index contributed by atoms with van der Waals surface area (Å²) in [5.74, 6) is 0.771. The van der Waals surface area contributed by atoms with Crippen molar-refractivity contribution in [1.29, 1.82) is 0 Å². The lowest BCUT2D eigenvalue weighted by Crippen LogP contribution is -2.48. The molecule has 1 unspecified atom stereocenters. The van der Waals surface area contributed by atoms with Gasteiger partial charge in [-0.1, -0.05) is 15.9 Å². The fraction of sp³-hybridized carbons (Fsp3) is 0.222. The van der Waals surface area contributed by atoms with Crippen LogP contribution < -0.4 is 25.1 Å². The molecule has 0 heterocycles. The SMILES string of the molecule is COc1ccc(OC(C)C(=O)NNC(=O)COc2ccc(Br)cc2)cc1. The first kappa shape index (κ1) is 19.6. The molecule has 1 atom stereocenters. The summed E-state index contributed by atoms with van der Waals surface area (Å²) in [6.07, 6.45) is -0.795. The third kappa shape index (κ3) is 6.29. The minimum atomic E-state index is -0.795. The Labute approximate surface area is 159 Å². The molecule has 0 spiro atoms. The van der Waals surface area contributed by atoms with Gasteiger partial charge in [0.15, 0.2) is 12.7 Å². The number of hydrazine groups is 1. The van der Waals surface area contributed by atoms with Crippen LogP contribution in [0.3, 0.4) is 0 Å². The van der Waals surface area contributed by atoms with Gasteiger partial charge < -0.3 is 14.2 Å². The Kier molecular flexibility index (Phi) is 7.28. The van der Waals surface area contributed by atoms with Crippen LogP contribution in [0, 0.1) is 0 Å². The molecule has 0 fully saturated rings. The largest absolute Gasteiger partial charge is 0.497 e. The van der Waals surface area contributed by atoms with Gasteiger partial charge in [0.1, 0.15) is 17.2 Å². The average Bonchev–Trinajstić information content (AvgIpc) is 2.66. The topological polar surface area (TPSA) is 85.9 Å². The molecule has 2 N–H and O–H groups in total. The molecule has 2 aromatic carbocycles. The van der Waals surface area contributed by atoms with E-state index in [-0.39, 0.29) is 6.61 Å². The first-order valence-corrected chi connectivity index (χ1v) is 8.55. The Morgan fingerprint density at radius 3 is 2.15 bits per heavy atom. The summed E-state index contributed by atoms with van der Waals surface area (Å²) in [6.45, 7) is 1.35. The highest BCUT2D eigenvalue weighted by Crippen LogP contribution is 2.18. The maximum atomic E-state index is 12.0. The van der Waals surface area contributed by atoms with Gasteiger partial charge in [0.05, 0.1) is 7.11 Å². The lowest BCUT2D eigenvalue weighted by molar-refractivity contribution is -0.133. The Balaban J connectivity index is 1.72. The second-order valence-electron chi connectivity index (χ2n) is 5.22. The van der Waals surface area contributed by atoms with Crippen LogP contribution in [-0.4, -0.2) is 31.6 Å². The van der Waals surface area contributed by atoms with Crippen molar-refractivity contribution >= 4 is 27.7 Å². The summed E-state index contributed by atoms with van der Waals surface area (Å²) in [4.78, 5) is 23.7. The Morgan fingerprint density at radius 1 is 0.962 bits per heavy atom. The Hall–Kier alpha value is -2.74. The van der Waals surface area contributed by atoms with E-state index < -0.39 is 17.9 Å². The number of hydrogen-bond acceptors (Lipinski definition) is 5. The number of halogens is 1. The van der Waals surface area contributed by atoms with E-state index in [4.69, 9.17) is 14.2 Å². The van der Waals surface area contributed by atoms with Crippen LogP contribution in [-0.2, 0) is 9.59 Å². The molecule has 138 valence electrons. The number of ether oxygens (including phenoxy) is 3. The van der Waals surface area contributed by atoms with Crippen molar-refractivity contribution in [2.45, 2.75) is 13.0 Å². The van der Waals surface area contributed by atoms with Crippen molar-refractivity contribution in [1.82, 2.24) is 10.9 Å². The van der Waals surface area contributed by atoms with Crippen LogP contribution >= 0.6 is 15.9 Å². The molecular formula is C18H19BrN2O5. The Bertz CT molecular complexity index is 734. The summed E-state index contributed by atoms with van der Waals surface area (Å²) in [7, 11) is 1.56. The molecule has 0 saturated carbocycles. The van der Waals surface area contributed by atoms with E-state index in [1.807, 2.05) is 0 Å². The van der Waals surface area contributed by atoms with Crippen LogP contribution in [0.1, 0.15) is 6.92 Å². The molecule has 7 nitrogen and oxygen atoms in total. The van der Waals surface area contributed by atoms with Crippen LogP contribution in [0.2, 0.25) is 0 Å². The number of amides is 2. The molecule has 26 heavy (non-hydrogen) atoms. The summed E-state index contributed by atoms with van der Waals surface area (Å²) < 4.78 is 16.8. The zero-order valence-electron chi connectivity index (χ0n) is 14.3.